The van der Waals surface area contributed by atoms with E-state index in [1.54, 1.807) is 27.7 Å². The minimum absolute atomic E-state index is 0.0172. The molecule has 136 valence electrons. The Morgan fingerprint density at radius 3 is 2.32 bits per heavy atom. The number of hydrogen-bond acceptors (Lipinski definition) is 4. The SMILES string of the molecule is CCOC(=O)c1cc(C(F)(F)F)cc2c1ccn2C(=O)OC(C)(C)C. The lowest BCUT2D eigenvalue weighted by Crippen LogP contribution is -2.26. The quantitative estimate of drug-likeness (QED) is 0.736. The van der Waals surface area contributed by atoms with Crippen LogP contribution in [0.2, 0.25) is 0 Å². The second-order valence-electron chi connectivity index (χ2n) is 6.34. The standard InChI is InChI=1S/C17H18F3NO4/c1-5-24-14(22)12-8-10(17(18,19)20)9-13-11(12)6-7-21(13)15(23)25-16(2,3)4/h6-9H,5H2,1-4H3. The Morgan fingerprint density at radius 2 is 1.80 bits per heavy atom. The van der Waals surface area contributed by atoms with Gasteiger partial charge in [-0.15, -0.1) is 0 Å². The van der Waals surface area contributed by atoms with Gasteiger partial charge < -0.3 is 9.47 Å². The number of halogens is 3. The largest absolute Gasteiger partial charge is 0.462 e. The van der Waals surface area contributed by atoms with Crippen molar-refractivity contribution in [1.29, 1.82) is 0 Å². The highest BCUT2D eigenvalue weighted by atomic mass is 19.4. The lowest BCUT2D eigenvalue weighted by molar-refractivity contribution is -0.137. The van der Waals surface area contributed by atoms with Gasteiger partial charge in [0.2, 0.25) is 0 Å². The Hall–Kier alpha value is -2.51. The molecule has 2 rings (SSSR count). The Balaban J connectivity index is 2.66. The van der Waals surface area contributed by atoms with Crippen molar-refractivity contribution in [2.45, 2.75) is 39.5 Å². The van der Waals surface area contributed by atoms with Gasteiger partial charge in [-0.25, -0.2) is 9.59 Å². The number of nitrogens with zero attached hydrogens (tertiary/aromatic N) is 1. The Morgan fingerprint density at radius 1 is 1.16 bits per heavy atom. The molecular formula is C17H18F3NO4. The van der Waals surface area contributed by atoms with Crippen LogP contribution in [0, 0.1) is 0 Å². The van der Waals surface area contributed by atoms with E-state index in [-0.39, 0.29) is 23.1 Å². The Labute approximate surface area is 142 Å². The number of esters is 1. The molecule has 0 spiro atoms. The number of ether oxygens (including phenoxy) is 2. The maximum atomic E-state index is 13.2. The van der Waals surface area contributed by atoms with Crippen LogP contribution in [0.3, 0.4) is 0 Å². The summed E-state index contributed by atoms with van der Waals surface area (Å²) in [5.74, 6) is -0.888. The lowest BCUT2D eigenvalue weighted by atomic mass is 10.1. The molecule has 1 aromatic heterocycles. The van der Waals surface area contributed by atoms with E-state index in [0.29, 0.717) is 0 Å². The van der Waals surface area contributed by atoms with Gasteiger partial charge in [0, 0.05) is 11.6 Å². The van der Waals surface area contributed by atoms with E-state index in [1.165, 1.54) is 12.3 Å². The number of carbonyl (C=O) groups excluding carboxylic acids is 2. The summed E-state index contributed by atoms with van der Waals surface area (Å²) in [4.78, 5) is 24.3. The molecule has 0 saturated heterocycles. The Kier molecular flexibility index (Phi) is 4.83. The van der Waals surface area contributed by atoms with Crippen LogP contribution in [0.25, 0.3) is 10.9 Å². The summed E-state index contributed by atoms with van der Waals surface area (Å²) in [5, 5.41) is 0.178. The molecule has 8 heteroatoms. The summed E-state index contributed by atoms with van der Waals surface area (Å²) in [6, 6.07) is 2.91. The summed E-state index contributed by atoms with van der Waals surface area (Å²) in [5.41, 5.74) is -2.20. The first kappa shape index (κ1) is 18.8. The number of carbonyl (C=O) groups is 2. The molecule has 0 amide bonds. The maximum absolute atomic E-state index is 13.2. The molecule has 0 bridgehead atoms. The van der Waals surface area contributed by atoms with Crippen LogP contribution in [0.4, 0.5) is 18.0 Å². The monoisotopic (exact) mass is 357 g/mol. The van der Waals surface area contributed by atoms with Crippen LogP contribution in [-0.4, -0.2) is 28.8 Å². The second kappa shape index (κ2) is 6.42. The van der Waals surface area contributed by atoms with E-state index in [4.69, 9.17) is 9.47 Å². The van der Waals surface area contributed by atoms with Crippen molar-refractivity contribution in [3.63, 3.8) is 0 Å². The van der Waals surface area contributed by atoms with Crippen LogP contribution in [0.1, 0.15) is 43.6 Å². The van der Waals surface area contributed by atoms with Gasteiger partial charge in [0.1, 0.15) is 5.60 Å². The molecule has 0 atom stereocenters. The van der Waals surface area contributed by atoms with Crippen molar-refractivity contribution in [2.75, 3.05) is 6.61 Å². The summed E-state index contributed by atoms with van der Waals surface area (Å²) >= 11 is 0. The van der Waals surface area contributed by atoms with Gasteiger partial charge in [-0.3, -0.25) is 4.57 Å². The van der Waals surface area contributed by atoms with E-state index >= 15 is 0 Å². The number of alkyl halides is 3. The predicted octanol–water partition coefficient (Wildman–Crippen LogP) is 4.62. The van der Waals surface area contributed by atoms with Crippen LogP contribution >= 0.6 is 0 Å². The summed E-state index contributed by atoms with van der Waals surface area (Å²) in [6.07, 6.45) is -4.25. The molecule has 2 aromatic rings. The third kappa shape index (κ3) is 4.12. The van der Waals surface area contributed by atoms with Crippen LogP contribution < -0.4 is 0 Å². The molecular weight excluding hydrogens is 339 g/mol. The summed E-state index contributed by atoms with van der Waals surface area (Å²) in [6.45, 7) is 6.49. The molecule has 0 radical (unpaired) electrons. The van der Waals surface area contributed by atoms with E-state index < -0.39 is 29.4 Å². The number of fused-ring (bicyclic) bond motifs is 1. The van der Waals surface area contributed by atoms with Crippen molar-refractivity contribution < 1.29 is 32.2 Å². The third-order valence-electron chi connectivity index (χ3n) is 3.22. The molecule has 25 heavy (non-hydrogen) atoms. The zero-order valence-electron chi connectivity index (χ0n) is 14.2. The van der Waals surface area contributed by atoms with E-state index in [2.05, 4.69) is 0 Å². The second-order valence-corrected chi connectivity index (χ2v) is 6.34. The smallest absolute Gasteiger partial charge is 0.418 e. The molecule has 5 nitrogen and oxygen atoms in total. The maximum Gasteiger partial charge on any atom is 0.418 e. The molecule has 0 saturated carbocycles. The van der Waals surface area contributed by atoms with Crippen LogP contribution in [0.5, 0.6) is 0 Å². The van der Waals surface area contributed by atoms with Crippen molar-refractivity contribution >= 4 is 23.0 Å². The average Bonchev–Trinajstić information content (AvgIpc) is 2.87. The minimum atomic E-state index is -4.68. The molecule has 0 N–H and O–H groups in total. The number of rotatable bonds is 2. The first-order valence-corrected chi connectivity index (χ1v) is 7.57. The van der Waals surface area contributed by atoms with Gasteiger partial charge >= 0.3 is 18.2 Å². The van der Waals surface area contributed by atoms with Crippen molar-refractivity contribution in [1.82, 2.24) is 4.57 Å². The fourth-order valence-corrected chi connectivity index (χ4v) is 2.25. The van der Waals surface area contributed by atoms with Crippen molar-refractivity contribution in [2.24, 2.45) is 0 Å². The molecule has 0 aliphatic carbocycles. The van der Waals surface area contributed by atoms with Gasteiger partial charge in [0.15, 0.2) is 0 Å². The first-order chi connectivity index (χ1) is 11.4. The molecule has 0 aliphatic rings. The minimum Gasteiger partial charge on any atom is -0.462 e. The molecule has 1 heterocycles. The van der Waals surface area contributed by atoms with Crippen molar-refractivity contribution in [3.8, 4) is 0 Å². The summed E-state index contributed by atoms with van der Waals surface area (Å²) in [7, 11) is 0. The van der Waals surface area contributed by atoms with Crippen molar-refractivity contribution in [3.05, 3.63) is 35.5 Å². The highest BCUT2D eigenvalue weighted by Crippen LogP contribution is 2.34. The fourth-order valence-electron chi connectivity index (χ4n) is 2.25. The van der Waals surface area contributed by atoms with Crippen LogP contribution in [0.15, 0.2) is 24.4 Å². The van der Waals surface area contributed by atoms with Gasteiger partial charge in [-0.2, -0.15) is 13.2 Å². The van der Waals surface area contributed by atoms with E-state index in [1.807, 2.05) is 0 Å². The fraction of sp³-hybridized carbons (Fsp3) is 0.412. The number of benzene rings is 1. The van der Waals surface area contributed by atoms with Gasteiger partial charge in [-0.1, -0.05) is 0 Å². The zero-order chi connectivity index (χ0) is 19.0. The van der Waals surface area contributed by atoms with E-state index in [0.717, 1.165) is 16.7 Å². The molecule has 0 unspecified atom stereocenters. The first-order valence-electron chi connectivity index (χ1n) is 7.57. The highest BCUT2D eigenvalue weighted by Gasteiger charge is 2.33. The predicted molar refractivity (Wildman–Crippen MR) is 84.5 cm³/mol. The Bertz CT molecular complexity index is 816. The van der Waals surface area contributed by atoms with Gasteiger partial charge in [0.05, 0.1) is 23.3 Å². The average molecular weight is 357 g/mol. The van der Waals surface area contributed by atoms with Crippen LogP contribution in [-0.2, 0) is 15.7 Å². The van der Waals surface area contributed by atoms with Gasteiger partial charge in [0.25, 0.3) is 0 Å². The third-order valence-corrected chi connectivity index (χ3v) is 3.22. The summed E-state index contributed by atoms with van der Waals surface area (Å²) < 4.78 is 50.5. The number of hydrogen-bond donors (Lipinski definition) is 0. The lowest BCUT2D eigenvalue weighted by Gasteiger charge is -2.20. The topological polar surface area (TPSA) is 57.5 Å². The van der Waals surface area contributed by atoms with E-state index in [9.17, 15) is 22.8 Å². The normalized spacial score (nSPS) is 12.3. The number of aromatic nitrogens is 1. The molecule has 0 fully saturated rings. The van der Waals surface area contributed by atoms with Gasteiger partial charge in [-0.05, 0) is 45.9 Å². The highest BCUT2D eigenvalue weighted by molar-refractivity contribution is 6.06. The molecule has 1 aromatic carbocycles. The zero-order valence-corrected chi connectivity index (χ0v) is 14.2. The molecule has 0 aliphatic heterocycles.